The fourth-order valence-corrected chi connectivity index (χ4v) is 3.38. The lowest BCUT2D eigenvalue weighted by Gasteiger charge is -2.30. The Labute approximate surface area is 101 Å². The number of piperidine rings is 1. The zero-order chi connectivity index (χ0) is 11.4. The van der Waals surface area contributed by atoms with Gasteiger partial charge in [-0.3, -0.25) is 0 Å². The van der Waals surface area contributed by atoms with Crippen LogP contribution in [0.5, 0.6) is 0 Å². The molecule has 2 atom stereocenters. The molecular formula is C14H28N2. The second-order valence-electron chi connectivity index (χ2n) is 5.93. The van der Waals surface area contributed by atoms with Gasteiger partial charge in [0.05, 0.1) is 0 Å². The van der Waals surface area contributed by atoms with E-state index in [1.165, 1.54) is 58.2 Å². The summed E-state index contributed by atoms with van der Waals surface area (Å²) in [6.45, 7) is 8.66. The van der Waals surface area contributed by atoms with Crippen LogP contribution in [0.25, 0.3) is 0 Å². The molecule has 2 fully saturated rings. The Hall–Kier alpha value is -0.0800. The minimum absolute atomic E-state index is 0.808. The van der Waals surface area contributed by atoms with Crippen LogP contribution in [0.1, 0.15) is 52.4 Å². The summed E-state index contributed by atoms with van der Waals surface area (Å²) in [5, 5.41) is 3.66. The molecule has 0 amide bonds. The van der Waals surface area contributed by atoms with Crippen molar-refractivity contribution in [2.75, 3.05) is 19.6 Å². The standard InChI is InChI=1S/C14H28N2/c1-12(2)14-7-5-10-16(14)11-8-13-6-3-4-9-15-13/h12-15H,3-11H2,1-2H3. The lowest BCUT2D eigenvalue weighted by molar-refractivity contribution is 0.192. The molecule has 0 aromatic rings. The van der Waals surface area contributed by atoms with Crippen LogP contribution in [0.2, 0.25) is 0 Å². The van der Waals surface area contributed by atoms with E-state index in [1.54, 1.807) is 0 Å². The van der Waals surface area contributed by atoms with Crippen molar-refractivity contribution in [2.45, 2.75) is 64.5 Å². The summed E-state index contributed by atoms with van der Waals surface area (Å²) in [5.74, 6) is 0.835. The van der Waals surface area contributed by atoms with Crippen molar-refractivity contribution in [2.24, 2.45) is 5.92 Å². The van der Waals surface area contributed by atoms with Crippen molar-refractivity contribution < 1.29 is 0 Å². The fourth-order valence-electron chi connectivity index (χ4n) is 3.38. The molecule has 0 bridgehead atoms. The summed E-state index contributed by atoms with van der Waals surface area (Å²) >= 11 is 0. The molecule has 0 radical (unpaired) electrons. The molecule has 2 aliphatic rings. The molecule has 2 aliphatic heterocycles. The second kappa shape index (κ2) is 6.02. The van der Waals surface area contributed by atoms with Gasteiger partial charge in [-0.25, -0.2) is 0 Å². The summed E-state index contributed by atoms with van der Waals surface area (Å²) < 4.78 is 0. The van der Waals surface area contributed by atoms with Crippen molar-refractivity contribution in [3.8, 4) is 0 Å². The fraction of sp³-hybridized carbons (Fsp3) is 1.00. The Bertz CT molecular complexity index is 197. The van der Waals surface area contributed by atoms with E-state index in [1.807, 2.05) is 0 Å². The molecule has 2 unspecified atom stereocenters. The summed E-state index contributed by atoms with van der Waals surface area (Å²) in [5.41, 5.74) is 0. The topological polar surface area (TPSA) is 15.3 Å². The van der Waals surface area contributed by atoms with Gasteiger partial charge in [-0.2, -0.15) is 0 Å². The van der Waals surface area contributed by atoms with Crippen LogP contribution in [0.15, 0.2) is 0 Å². The van der Waals surface area contributed by atoms with Gasteiger partial charge in [-0.1, -0.05) is 20.3 Å². The molecule has 2 saturated heterocycles. The van der Waals surface area contributed by atoms with E-state index in [9.17, 15) is 0 Å². The van der Waals surface area contributed by atoms with Crippen molar-refractivity contribution in [1.82, 2.24) is 10.2 Å². The lowest BCUT2D eigenvalue weighted by atomic mass is 9.99. The normalized spacial score (nSPS) is 32.4. The first-order valence-electron chi connectivity index (χ1n) is 7.25. The third-order valence-corrected chi connectivity index (χ3v) is 4.36. The number of likely N-dealkylation sites (tertiary alicyclic amines) is 1. The monoisotopic (exact) mass is 224 g/mol. The lowest BCUT2D eigenvalue weighted by Crippen LogP contribution is -2.40. The van der Waals surface area contributed by atoms with Crippen LogP contribution in [-0.4, -0.2) is 36.6 Å². The highest BCUT2D eigenvalue weighted by Crippen LogP contribution is 2.24. The van der Waals surface area contributed by atoms with E-state index in [4.69, 9.17) is 0 Å². The van der Waals surface area contributed by atoms with Gasteiger partial charge in [0.25, 0.3) is 0 Å². The van der Waals surface area contributed by atoms with Crippen LogP contribution in [0, 0.1) is 5.92 Å². The molecule has 0 aromatic heterocycles. The molecule has 16 heavy (non-hydrogen) atoms. The van der Waals surface area contributed by atoms with E-state index in [-0.39, 0.29) is 0 Å². The third kappa shape index (κ3) is 3.21. The maximum absolute atomic E-state index is 3.66. The van der Waals surface area contributed by atoms with Gasteiger partial charge in [-0.15, -0.1) is 0 Å². The Morgan fingerprint density at radius 2 is 2.06 bits per heavy atom. The quantitative estimate of drug-likeness (QED) is 0.790. The van der Waals surface area contributed by atoms with E-state index >= 15 is 0 Å². The van der Waals surface area contributed by atoms with E-state index < -0.39 is 0 Å². The van der Waals surface area contributed by atoms with E-state index in [0.717, 1.165) is 18.0 Å². The van der Waals surface area contributed by atoms with Crippen LogP contribution in [-0.2, 0) is 0 Å². The van der Waals surface area contributed by atoms with Gasteiger partial charge in [0.2, 0.25) is 0 Å². The number of nitrogens with one attached hydrogen (secondary N) is 1. The van der Waals surface area contributed by atoms with Crippen molar-refractivity contribution in [3.63, 3.8) is 0 Å². The maximum Gasteiger partial charge on any atom is 0.0119 e. The summed E-state index contributed by atoms with van der Waals surface area (Å²) in [4.78, 5) is 2.74. The minimum Gasteiger partial charge on any atom is -0.314 e. The SMILES string of the molecule is CC(C)C1CCCN1CCC1CCCCN1. The Morgan fingerprint density at radius 3 is 2.75 bits per heavy atom. The smallest absolute Gasteiger partial charge is 0.0119 e. The second-order valence-corrected chi connectivity index (χ2v) is 5.93. The van der Waals surface area contributed by atoms with Crippen LogP contribution in [0.3, 0.4) is 0 Å². The minimum atomic E-state index is 0.808. The van der Waals surface area contributed by atoms with Gasteiger partial charge in [0.15, 0.2) is 0 Å². The molecule has 0 aromatic carbocycles. The van der Waals surface area contributed by atoms with Gasteiger partial charge >= 0.3 is 0 Å². The Balaban J connectivity index is 1.71. The van der Waals surface area contributed by atoms with Gasteiger partial charge < -0.3 is 10.2 Å². The molecule has 0 spiro atoms. The number of nitrogens with zero attached hydrogens (tertiary/aromatic N) is 1. The zero-order valence-electron chi connectivity index (χ0n) is 11.0. The average molecular weight is 224 g/mol. The Kier molecular flexibility index (Phi) is 4.66. The number of hydrogen-bond acceptors (Lipinski definition) is 2. The Morgan fingerprint density at radius 1 is 1.19 bits per heavy atom. The largest absolute Gasteiger partial charge is 0.314 e. The molecule has 2 heterocycles. The third-order valence-electron chi connectivity index (χ3n) is 4.36. The zero-order valence-corrected chi connectivity index (χ0v) is 11.0. The number of rotatable bonds is 4. The first kappa shape index (κ1) is 12.4. The van der Waals surface area contributed by atoms with E-state index in [2.05, 4.69) is 24.1 Å². The van der Waals surface area contributed by atoms with Crippen LogP contribution in [0.4, 0.5) is 0 Å². The number of hydrogen-bond donors (Lipinski definition) is 1. The van der Waals surface area contributed by atoms with E-state index in [0.29, 0.717) is 0 Å². The average Bonchev–Trinajstić information content (AvgIpc) is 2.76. The first-order valence-corrected chi connectivity index (χ1v) is 7.25. The van der Waals surface area contributed by atoms with Crippen molar-refractivity contribution in [3.05, 3.63) is 0 Å². The molecule has 94 valence electrons. The van der Waals surface area contributed by atoms with Gasteiger partial charge in [0.1, 0.15) is 0 Å². The summed E-state index contributed by atoms with van der Waals surface area (Å²) in [6, 6.07) is 1.67. The molecular weight excluding hydrogens is 196 g/mol. The van der Waals surface area contributed by atoms with Crippen molar-refractivity contribution in [1.29, 1.82) is 0 Å². The predicted molar refractivity (Wildman–Crippen MR) is 69.7 cm³/mol. The van der Waals surface area contributed by atoms with Crippen LogP contribution < -0.4 is 5.32 Å². The molecule has 2 rings (SSSR count). The highest BCUT2D eigenvalue weighted by Gasteiger charge is 2.27. The van der Waals surface area contributed by atoms with Gasteiger partial charge in [0, 0.05) is 12.1 Å². The first-order chi connectivity index (χ1) is 7.77. The summed E-state index contributed by atoms with van der Waals surface area (Å²) in [6.07, 6.45) is 8.43. The predicted octanol–water partition coefficient (Wildman–Crippen LogP) is 2.64. The molecule has 0 aliphatic carbocycles. The van der Waals surface area contributed by atoms with Crippen molar-refractivity contribution >= 4 is 0 Å². The summed E-state index contributed by atoms with van der Waals surface area (Å²) in [7, 11) is 0. The highest BCUT2D eigenvalue weighted by atomic mass is 15.2. The molecule has 1 N–H and O–H groups in total. The molecule has 2 nitrogen and oxygen atoms in total. The highest BCUT2D eigenvalue weighted by molar-refractivity contribution is 4.83. The molecule has 0 saturated carbocycles. The molecule has 2 heteroatoms. The maximum atomic E-state index is 3.66. The van der Waals surface area contributed by atoms with Crippen LogP contribution >= 0.6 is 0 Å². The van der Waals surface area contributed by atoms with Gasteiger partial charge in [-0.05, 0) is 57.7 Å².